The quantitative estimate of drug-likeness (QED) is 0.314. The largest absolute Gasteiger partial charge is 0.468 e. The lowest BCUT2D eigenvalue weighted by Crippen LogP contribution is -2.26. The van der Waals surface area contributed by atoms with Crippen LogP contribution in [0.1, 0.15) is 26.2 Å². The normalized spacial score (nSPS) is 11.5. The van der Waals surface area contributed by atoms with Gasteiger partial charge in [0.1, 0.15) is 0 Å². The molecule has 0 unspecified atom stereocenters. The van der Waals surface area contributed by atoms with Crippen molar-refractivity contribution in [1.82, 2.24) is 0 Å². The number of aliphatic hydroxyl groups is 1. The second-order valence-corrected chi connectivity index (χ2v) is 3.72. The predicted molar refractivity (Wildman–Crippen MR) is 62.2 cm³/mol. The molecule has 0 aromatic carbocycles. The second-order valence-electron chi connectivity index (χ2n) is 3.72. The Hall–Kier alpha value is -1.36. The van der Waals surface area contributed by atoms with Gasteiger partial charge in [-0.05, 0) is 26.2 Å². The van der Waals surface area contributed by atoms with E-state index in [2.05, 4.69) is 9.47 Å². The number of methoxy groups -OCH3 is 2. The van der Waals surface area contributed by atoms with E-state index < -0.39 is 17.9 Å². The lowest BCUT2D eigenvalue weighted by Gasteiger charge is -2.12. The zero-order valence-electron chi connectivity index (χ0n) is 10.6. The van der Waals surface area contributed by atoms with Gasteiger partial charge < -0.3 is 14.6 Å². The summed E-state index contributed by atoms with van der Waals surface area (Å²) < 4.78 is 9.11. The number of allylic oxidation sites excluding steroid dienone is 2. The first-order valence-electron chi connectivity index (χ1n) is 5.49. The molecule has 0 saturated heterocycles. The van der Waals surface area contributed by atoms with Crippen molar-refractivity contribution in [2.75, 3.05) is 20.8 Å². The van der Waals surface area contributed by atoms with Crippen molar-refractivity contribution >= 4 is 11.9 Å². The number of aliphatic hydroxyl groups excluding tert-OH is 1. The fourth-order valence-corrected chi connectivity index (χ4v) is 1.39. The minimum Gasteiger partial charge on any atom is -0.468 e. The number of ether oxygens (including phenoxy) is 2. The maximum absolute atomic E-state index is 11.4. The van der Waals surface area contributed by atoms with Gasteiger partial charge in [-0.2, -0.15) is 0 Å². The summed E-state index contributed by atoms with van der Waals surface area (Å²) in [6.07, 6.45) is 3.57. The fraction of sp³-hybridized carbons (Fsp3) is 0.667. The summed E-state index contributed by atoms with van der Waals surface area (Å²) >= 11 is 0. The lowest BCUT2D eigenvalue weighted by molar-refractivity contribution is -0.158. The van der Waals surface area contributed by atoms with Gasteiger partial charge in [0.25, 0.3) is 0 Å². The van der Waals surface area contributed by atoms with Crippen LogP contribution in [0.15, 0.2) is 11.6 Å². The molecule has 0 aliphatic rings. The van der Waals surface area contributed by atoms with Crippen LogP contribution in [0.5, 0.6) is 0 Å². The molecule has 0 heterocycles. The third-order valence-corrected chi connectivity index (χ3v) is 2.35. The standard InChI is InChI=1S/C12H20O5/c1-9(6-4-5-7-13)8-10(11(14)16-2)12(15)17-3/h6,10,13H,4-5,7-8H2,1-3H3/b9-6+. The third-order valence-electron chi connectivity index (χ3n) is 2.35. The number of carbonyl (C=O) groups excluding carboxylic acids is 2. The van der Waals surface area contributed by atoms with Gasteiger partial charge in [-0.15, -0.1) is 0 Å². The van der Waals surface area contributed by atoms with Crippen molar-refractivity contribution in [3.8, 4) is 0 Å². The van der Waals surface area contributed by atoms with E-state index in [4.69, 9.17) is 5.11 Å². The minimum absolute atomic E-state index is 0.126. The number of hydrogen-bond acceptors (Lipinski definition) is 5. The van der Waals surface area contributed by atoms with E-state index >= 15 is 0 Å². The van der Waals surface area contributed by atoms with Crippen LogP contribution < -0.4 is 0 Å². The maximum atomic E-state index is 11.4. The average molecular weight is 244 g/mol. The summed E-state index contributed by atoms with van der Waals surface area (Å²) in [5, 5.41) is 8.64. The van der Waals surface area contributed by atoms with Gasteiger partial charge in [0, 0.05) is 6.61 Å². The average Bonchev–Trinajstić information content (AvgIpc) is 2.34. The molecule has 5 heteroatoms. The van der Waals surface area contributed by atoms with Crippen LogP contribution in [0.25, 0.3) is 0 Å². The summed E-state index contributed by atoms with van der Waals surface area (Å²) in [7, 11) is 2.48. The van der Waals surface area contributed by atoms with Crippen molar-refractivity contribution in [3.63, 3.8) is 0 Å². The van der Waals surface area contributed by atoms with E-state index in [1.165, 1.54) is 14.2 Å². The summed E-state index contributed by atoms with van der Waals surface area (Å²) in [6, 6.07) is 0. The number of rotatable bonds is 7. The van der Waals surface area contributed by atoms with Crippen LogP contribution >= 0.6 is 0 Å². The first kappa shape index (κ1) is 15.6. The summed E-state index contributed by atoms with van der Waals surface area (Å²) in [6.45, 7) is 1.96. The Morgan fingerprint density at radius 3 is 2.18 bits per heavy atom. The fourth-order valence-electron chi connectivity index (χ4n) is 1.39. The number of esters is 2. The monoisotopic (exact) mass is 244 g/mol. The van der Waals surface area contributed by atoms with Gasteiger partial charge in [0.2, 0.25) is 0 Å². The van der Waals surface area contributed by atoms with Crippen LogP contribution in [0.4, 0.5) is 0 Å². The molecule has 0 aromatic heterocycles. The molecule has 0 rings (SSSR count). The zero-order chi connectivity index (χ0) is 13.3. The molecule has 98 valence electrons. The molecule has 0 bridgehead atoms. The predicted octanol–water partition coefficient (Wildman–Crippen LogP) is 1.06. The molecule has 1 N–H and O–H groups in total. The van der Waals surface area contributed by atoms with Crippen molar-refractivity contribution in [2.24, 2.45) is 5.92 Å². The summed E-state index contributed by atoms with van der Waals surface area (Å²) in [5.41, 5.74) is 0.902. The summed E-state index contributed by atoms with van der Waals surface area (Å²) in [5.74, 6) is -2.09. The molecule has 5 nitrogen and oxygen atoms in total. The molecule has 0 aliphatic carbocycles. The molecule has 0 atom stereocenters. The Bertz CT molecular complexity index is 267. The molecule has 0 aliphatic heterocycles. The Morgan fingerprint density at radius 1 is 1.24 bits per heavy atom. The molecule has 0 saturated carbocycles. The summed E-state index contributed by atoms with van der Waals surface area (Å²) in [4.78, 5) is 22.8. The van der Waals surface area contributed by atoms with E-state index in [-0.39, 0.29) is 13.0 Å². The third kappa shape index (κ3) is 6.06. The van der Waals surface area contributed by atoms with E-state index in [0.29, 0.717) is 6.42 Å². The smallest absolute Gasteiger partial charge is 0.320 e. The van der Waals surface area contributed by atoms with Crippen LogP contribution in [0.3, 0.4) is 0 Å². The van der Waals surface area contributed by atoms with Gasteiger partial charge >= 0.3 is 11.9 Å². The SMILES string of the molecule is COC(=O)C(C/C(C)=C/CCCO)C(=O)OC. The highest BCUT2D eigenvalue weighted by atomic mass is 16.5. The van der Waals surface area contributed by atoms with Crippen LogP contribution in [0, 0.1) is 5.92 Å². The Labute approximate surface area is 101 Å². The molecule has 0 amide bonds. The van der Waals surface area contributed by atoms with Crippen molar-refractivity contribution in [2.45, 2.75) is 26.2 Å². The lowest BCUT2D eigenvalue weighted by atomic mass is 9.99. The minimum atomic E-state index is -0.907. The Kier molecular flexibility index (Phi) is 8.05. The molecule has 0 spiro atoms. The molecule has 17 heavy (non-hydrogen) atoms. The van der Waals surface area contributed by atoms with Crippen molar-refractivity contribution in [3.05, 3.63) is 11.6 Å². The molecule has 0 radical (unpaired) electrons. The highest BCUT2D eigenvalue weighted by Crippen LogP contribution is 2.15. The molecule has 0 aromatic rings. The van der Waals surface area contributed by atoms with Crippen LogP contribution in [-0.4, -0.2) is 37.9 Å². The van der Waals surface area contributed by atoms with Crippen molar-refractivity contribution in [1.29, 1.82) is 0 Å². The van der Waals surface area contributed by atoms with Crippen LogP contribution in [0.2, 0.25) is 0 Å². The van der Waals surface area contributed by atoms with E-state index in [1.807, 2.05) is 13.0 Å². The molecular weight excluding hydrogens is 224 g/mol. The number of hydrogen-bond donors (Lipinski definition) is 1. The molecule has 0 fully saturated rings. The highest BCUT2D eigenvalue weighted by molar-refractivity contribution is 5.95. The van der Waals surface area contributed by atoms with Gasteiger partial charge in [-0.3, -0.25) is 9.59 Å². The van der Waals surface area contributed by atoms with Crippen LogP contribution in [-0.2, 0) is 19.1 Å². The number of unbranched alkanes of at least 4 members (excludes halogenated alkanes) is 1. The van der Waals surface area contributed by atoms with Gasteiger partial charge in [-0.1, -0.05) is 11.6 Å². The highest BCUT2D eigenvalue weighted by Gasteiger charge is 2.28. The van der Waals surface area contributed by atoms with E-state index in [1.54, 1.807) is 0 Å². The molecular formula is C12H20O5. The van der Waals surface area contributed by atoms with Crippen molar-refractivity contribution < 1.29 is 24.2 Å². The Balaban J connectivity index is 4.47. The van der Waals surface area contributed by atoms with Gasteiger partial charge in [-0.25, -0.2) is 0 Å². The maximum Gasteiger partial charge on any atom is 0.320 e. The topological polar surface area (TPSA) is 72.8 Å². The first-order chi connectivity index (χ1) is 8.06. The van der Waals surface area contributed by atoms with Gasteiger partial charge in [0.05, 0.1) is 14.2 Å². The Morgan fingerprint density at radius 2 is 1.76 bits per heavy atom. The first-order valence-corrected chi connectivity index (χ1v) is 5.49. The van der Waals surface area contributed by atoms with E-state index in [0.717, 1.165) is 12.0 Å². The van der Waals surface area contributed by atoms with E-state index in [9.17, 15) is 9.59 Å². The second kappa shape index (κ2) is 8.75. The number of carbonyl (C=O) groups is 2. The van der Waals surface area contributed by atoms with Gasteiger partial charge in [0.15, 0.2) is 5.92 Å². The zero-order valence-corrected chi connectivity index (χ0v) is 10.6.